The van der Waals surface area contributed by atoms with Gasteiger partial charge in [-0.3, -0.25) is 24.4 Å². The van der Waals surface area contributed by atoms with Crippen molar-refractivity contribution in [2.45, 2.75) is 98.4 Å². The third kappa shape index (κ3) is 9.70. The normalized spacial score (nSPS) is 16.1. The quantitative estimate of drug-likeness (QED) is 0.130. The molecular weight excluding hydrogens is 759 g/mol. The second kappa shape index (κ2) is 18.0. The van der Waals surface area contributed by atoms with Crippen LogP contribution in [0.4, 0.5) is 4.79 Å². The van der Waals surface area contributed by atoms with Crippen LogP contribution in [0.1, 0.15) is 83.7 Å². The summed E-state index contributed by atoms with van der Waals surface area (Å²) in [7, 11) is 1.68. The monoisotopic (exact) mass is 815 g/mol. The number of ether oxygens (including phenoxy) is 3. The van der Waals surface area contributed by atoms with Crippen LogP contribution in [-0.2, 0) is 48.0 Å². The lowest BCUT2D eigenvalue weighted by molar-refractivity contribution is -0.142. The van der Waals surface area contributed by atoms with E-state index in [1.54, 1.807) is 39.1 Å². The van der Waals surface area contributed by atoms with Crippen molar-refractivity contribution in [3.63, 3.8) is 0 Å². The Morgan fingerprint density at radius 1 is 1.12 bits per heavy atom. The number of hydrogen-bond donors (Lipinski definition) is 2. The Bertz CT molecular complexity index is 2110. The SMILES string of the molecule is CCn1c(-c2cccnc2[C@H](C)OC)c(CC(C)(C)COC=O)c2cc(-c3csc(C[C@H](NC(=O)C4CN(C(=O)OC(C)(C)C)C4)C(=O)N4CCCCN4)n3)ccc21. The number of hydrogen-bond acceptors (Lipinski definition) is 11. The van der Waals surface area contributed by atoms with Gasteiger partial charge < -0.3 is 29.0 Å². The number of methoxy groups -OCH3 is 1. The highest BCUT2D eigenvalue weighted by Gasteiger charge is 2.40. The van der Waals surface area contributed by atoms with Crippen LogP contribution in [0, 0.1) is 11.3 Å². The minimum atomic E-state index is -0.845. The summed E-state index contributed by atoms with van der Waals surface area (Å²) in [6.07, 6.45) is 3.76. The van der Waals surface area contributed by atoms with Crippen molar-refractivity contribution in [2.75, 3.05) is 39.9 Å². The number of nitrogens with zero attached hydrogens (tertiary/aromatic N) is 5. The Balaban J connectivity index is 1.31. The van der Waals surface area contributed by atoms with Crippen molar-refractivity contribution < 1.29 is 33.4 Å². The number of pyridine rings is 1. The van der Waals surface area contributed by atoms with Gasteiger partial charge in [0.15, 0.2) is 0 Å². The molecule has 14 nitrogen and oxygen atoms in total. The van der Waals surface area contributed by atoms with Crippen molar-refractivity contribution in [3.05, 3.63) is 58.2 Å². The van der Waals surface area contributed by atoms with Gasteiger partial charge in [0.05, 0.1) is 40.7 Å². The molecular formula is C43H57N7O7S. The molecule has 1 aromatic carbocycles. The minimum absolute atomic E-state index is 0.214. The van der Waals surface area contributed by atoms with E-state index in [-0.39, 0.29) is 49.5 Å². The molecule has 3 amide bonds. The highest BCUT2D eigenvalue weighted by Crippen LogP contribution is 2.42. The van der Waals surface area contributed by atoms with E-state index in [4.69, 9.17) is 24.2 Å². The van der Waals surface area contributed by atoms with E-state index in [2.05, 4.69) is 60.3 Å². The molecule has 58 heavy (non-hydrogen) atoms. The van der Waals surface area contributed by atoms with Crippen LogP contribution >= 0.6 is 11.3 Å². The van der Waals surface area contributed by atoms with E-state index >= 15 is 0 Å². The van der Waals surface area contributed by atoms with Gasteiger partial charge in [0, 0.05) is 85.3 Å². The standard InChI is InChI=1S/C43H57N7O7S/c1-9-49-35-15-14-28(19-31(35)32(21-43(6,7)25-56-26-51)38(49)30-13-12-16-44-37(30)27(2)55-8)34-24-58-36(46-34)20-33(40(53)50-18-11-10-17-45-50)47-39(52)29-22-48(23-29)41(54)57-42(3,4)5/h12-16,19,24,26-27,29,33,45H,9-11,17-18,20-23,25H2,1-8H3,(H,47,52)/t27-,33-/m0/s1. The molecule has 3 aromatic heterocycles. The van der Waals surface area contributed by atoms with E-state index in [1.807, 2.05) is 18.4 Å². The van der Waals surface area contributed by atoms with E-state index in [9.17, 15) is 19.2 Å². The first-order chi connectivity index (χ1) is 27.6. The highest BCUT2D eigenvalue weighted by molar-refractivity contribution is 7.10. The lowest BCUT2D eigenvalue weighted by atomic mass is 9.84. The highest BCUT2D eigenvalue weighted by atomic mass is 32.1. The summed E-state index contributed by atoms with van der Waals surface area (Å²) in [5.74, 6) is -0.939. The first kappa shape index (κ1) is 42.7. The van der Waals surface area contributed by atoms with Crippen molar-refractivity contribution in [1.29, 1.82) is 0 Å². The summed E-state index contributed by atoms with van der Waals surface area (Å²) in [6.45, 7) is 16.9. The van der Waals surface area contributed by atoms with E-state index < -0.39 is 23.7 Å². The van der Waals surface area contributed by atoms with Gasteiger partial charge in [-0.2, -0.15) is 0 Å². The Hall–Kier alpha value is -4.86. The molecule has 15 heteroatoms. The van der Waals surface area contributed by atoms with E-state index in [0.29, 0.717) is 37.5 Å². The molecule has 2 atom stereocenters. The second-order valence-corrected chi connectivity index (χ2v) is 17.9. The number of amides is 3. The van der Waals surface area contributed by atoms with Crippen LogP contribution in [-0.4, -0.2) is 100 Å². The molecule has 5 heterocycles. The molecule has 0 aliphatic carbocycles. The van der Waals surface area contributed by atoms with Crippen LogP contribution < -0.4 is 10.7 Å². The lowest BCUT2D eigenvalue weighted by Gasteiger charge is -2.39. The molecule has 0 radical (unpaired) electrons. The third-order valence-electron chi connectivity index (χ3n) is 10.6. The van der Waals surface area contributed by atoms with Crippen molar-refractivity contribution in [3.8, 4) is 22.5 Å². The Morgan fingerprint density at radius 2 is 1.90 bits per heavy atom. The number of benzene rings is 1. The van der Waals surface area contributed by atoms with Gasteiger partial charge in [0.1, 0.15) is 11.6 Å². The third-order valence-corrected chi connectivity index (χ3v) is 11.5. The smallest absolute Gasteiger partial charge is 0.410 e. The fraction of sp³-hybridized carbons (Fsp3) is 0.535. The second-order valence-electron chi connectivity index (χ2n) is 16.9. The number of thiazole rings is 1. The molecule has 2 aliphatic heterocycles. The Labute approximate surface area is 344 Å². The minimum Gasteiger partial charge on any atom is -0.467 e. The van der Waals surface area contributed by atoms with Crippen molar-refractivity contribution in [2.24, 2.45) is 11.3 Å². The Kier molecular flexibility index (Phi) is 13.2. The van der Waals surface area contributed by atoms with Gasteiger partial charge in [-0.1, -0.05) is 19.9 Å². The number of carbonyl (C=O) groups excluding carboxylic acids is 4. The zero-order valence-electron chi connectivity index (χ0n) is 34.9. The molecule has 2 saturated heterocycles. The maximum Gasteiger partial charge on any atom is 0.410 e. The van der Waals surface area contributed by atoms with Crippen LogP contribution in [0.5, 0.6) is 0 Å². The number of likely N-dealkylation sites (tertiary alicyclic amines) is 1. The first-order valence-electron chi connectivity index (χ1n) is 20.1. The number of hydrazine groups is 1. The summed E-state index contributed by atoms with van der Waals surface area (Å²) in [5.41, 5.74) is 8.87. The lowest BCUT2D eigenvalue weighted by Crippen LogP contribution is -2.61. The summed E-state index contributed by atoms with van der Waals surface area (Å²) in [5, 5.41) is 8.36. The summed E-state index contributed by atoms with van der Waals surface area (Å²) in [4.78, 5) is 62.4. The molecule has 2 N–H and O–H groups in total. The number of aryl methyl sites for hydroxylation is 1. The van der Waals surface area contributed by atoms with Gasteiger partial charge in [-0.05, 0) is 83.7 Å². The number of fused-ring (bicyclic) bond motifs is 1. The van der Waals surface area contributed by atoms with E-state index in [0.717, 1.165) is 57.5 Å². The largest absolute Gasteiger partial charge is 0.467 e. The zero-order valence-corrected chi connectivity index (χ0v) is 35.7. The molecule has 4 aromatic rings. The predicted molar refractivity (Wildman–Crippen MR) is 223 cm³/mol. The van der Waals surface area contributed by atoms with Crippen LogP contribution in [0.3, 0.4) is 0 Å². The van der Waals surface area contributed by atoms with Crippen LogP contribution in [0.15, 0.2) is 41.9 Å². The maximum atomic E-state index is 13.9. The average molecular weight is 816 g/mol. The van der Waals surface area contributed by atoms with E-state index in [1.165, 1.54) is 16.2 Å². The fourth-order valence-corrected chi connectivity index (χ4v) is 8.48. The fourth-order valence-electron chi connectivity index (χ4n) is 7.63. The van der Waals surface area contributed by atoms with Gasteiger partial charge >= 0.3 is 6.09 Å². The van der Waals surface area contributed by atoms with Crippen molar-refractivity contribution >= 4 is 46.6 Å². The average Bonchev–Trinajstić information content (AvgIpc) is 3.76. The molecule has 0 unspecified atom stereocenters. The van der Waals surface area contributed by atoms with Crippen LogP contribution in [0.25, 0.3) is 33.4 Å². The summed E-state index contributed by atoms with van der Waals surface area (Å²) < 4.78 is 18.8. The van der Waals surface area contributed by atoms with Crippen molar-refractivity contribution in [1.82, 2.24) is 35.2 Å². The van der Waals surface area contributed by atoms with Gasteiger partial charge in [-0.15, -0.1) is 11.3 Å². The van der Waals surface area contributed by atoms with Gasteiger partial charge in [0.25, 0.3) is 12.4 Å². The number of rotatable bonds is 15. The molecule has 2 fully saturated rings. The maximum absolute atomic E-state index is 13.9. The molecule has 0 bridgehead atoms. The van der Waals surface area contributed by atoms with Crippen LogP contribution in [0.2, 0.25) is 0 Å². The predicted octanol–water partition coefficient (Wildman–Crippen LogP) is 6.32. The molecule has 312 valence electrons. The number of carbonyl (C=O) groups is 4. The molecule has 2 aliphatic rings. The molecule has 0 saturated carbocycles. The number of aromatic nitrogens is 3. The van der Waals surface area contributed by atoms with Gasteiger partial charge in [-0.25, -0.2) is 15.2 Å². The zero-order chi connectivity index (χ0) is 41.8. The summed E-state index contributed by atoms with van der Waals surface area (Å²) in [6, 6.07) is 9.54. The Morgan fingerprint density at radius 3 is 2.57 bits per heavy atom. The molecule has 6 rings (SSSR count). The molecule has 0 spiro atoms. The summed E-state index contributed by atoms with van der Waals surface area (Å²) >= 11 is 1.45. The first-order valence-corrected chi connectivity index (χ1v) is 21.0. The number of nitrogens with one attached hydrogen (secondary N) is 2. The topological polar surface area (TPSA) is 157 Å². The van der Waals surface area contributed by atoms with Gasteiger partial charge in [0.2, 0.25) is 5.91 Å².